The molecule has 2 heterocycles. The van der Waals surface area contributed by atoms with Gasteiger partial charge in [0.2, 0.25) is 5.95 Å². The molecule has 186 valence electrons. The first-order valence-corrected chi connectivity index (χ1v) is 13.4. The Hall–Kier alpha value is -1.77. The molecular weight excluding hydrogens is 430 g/mol. The number of aliphatic hydroxyl groups is 1. The molecule has 4 atom stereocenters. The number of amides is 1. The maximum absolute atomic E-state index is 13.4. The van der Waals surface area contributed by atoms with E-state index in [0.29, 0.717) is 35.2 Å². The highest BCUT2D eigenvalue weighted by molar-refractivity contribution is 5.95. The average Bonchev–Trinajstić information content (AvgIpc) is 3.60. The third kappa shape index (κ3) is 4.56. The van der Waals surface area contributed by atoms with Gasteiger partial charge in [-0.2, -0.15) is 0 Å². The van der Waals surface area contributed by atoms with Crippen LogP contribution in [0, 0.1) is 17.8 Å². The zero-order valence-corrected chi connectivity index (χ0v) is 20.5. The Balaban J connectivity index is 1.09. The molecule has 1 aromatic heterocycles. The first-order valence-electron chi connectivity index (χ1n) is 13.4. The molecular formula is C26H39N5O3. The lowest BCUT2D eigenvalue weighted by molar-refractivity contribution is -0.136. The maximum Gasteiger partial charge on any atom is 0.254 e. The lowest BCUT2D eigenvalue weighted by Crippen LogP contribution is -2.61. The van der Waals surface area contributed by atoms with Crippen molar-refractivity contribution in [2.24, 2.45) is 17.8 Å². The van der Waals surface area contributed by atoms with E-state index in [9.17, 15) is 9.90 Å². The summed E-state index contributed by atoms with van der Waals surface area (Å²) in [6, 6.07) is 0.174. The van der Waals surface area contributed by atoms with Crippen LogP contribution in [-0.4, -0.2) is 75.9 Å². The van der Waals surface area contributed by atoms with Gasteiger partial charge in [0.05, 0.1) is 29.1 Å². The van der Waals surface area contributed by atoms with Crippen LogP contribution in [0.1, 0.15) is 80.8 Å². The average molecular weight is 470 g/mol. The number of nitrogens with zero attached hydrogens (tertiary/aromatic N) is 3. The number of hydrogen-bond acceptors (Lipinski definition) is 7. The molecule has 1 aliphatic heterocycles. The van der Waals surface area contributed by atoms with Crippen molar-refractivity contribution in [3.63, 3.8) is 0 Å². The second-order valence-corrected chi connectivity index (χ2v) is 11.9. The highest BCUT2D eigenvalue weighted by atomic mass is 16.5. The van der Waals surface area contributed by atoms with Crippen LogP contribution < -0.4 is 10.6 Å². The lowest BCUT2D eigenvalue weighted by Gasteiger charge is -2.58. The van der Waals surface area contributed by atoms with E-state index in [1.807, 2.05) is 0 Å². The predicted octanol–water partition coefficient (Wildman–Crippen LogP) is 2.54. The Morgan fingerprint density at radius 1 is 1.18 bits per heavy atom. The van der Waals surface area contributed by atoms with Crippen LogP contribution in [0.4, 0.5) is 5.95 Å². The molecule has 8 heteroatoms. The molecule has 5 saturated carbocycles. The molecule has 0 radical (unpaired) electrons. The van der Waals surface area contributed by atoms with E-state index >= 15 is 0 Å². The molecule has 5 aliphatic carbocycles. The zero-order chi connectivity index (χ0) is 23.4. The van der Waals surface area contributed by atoms with E-state index in [1.165, 1.54) is 0 Å². The minimum atomic E-state index is -0.482. The SMILES string of the molecule is C[C@@H]1CN(CCNc2ncc(C(=O)NC3C4CC5CC3CC(O)(C5)C4)c(C3CC3)n2)C[C@H](C)O1. The zero-order valence-electron chi connectivity index (χ0n) is 20.5. The molecule has 0 aromatic carbocycles. The standard InChI is InChI=1S/C26H39N5O3/c1-15-13-31(14-16(2)34-15)6-5-27-25-28-12-21(23(30-25)18-3-4-18)24(32)29-22-19-7-17-8-20(22)11-26(33,9-17)10-19/h12,15-20,22,33H,3-11,13-14H2,1-2H3,(H,29,32)(H,27,28,30)/t15-,16+,17?,19?,20?,22?,26?. The fourth-order valence-electron chi connectivity index (χ4n) is 7.56. The molecule has 1 aromatic rings. The molecule has 4 bridgehead atoms. The Morgan fingerprint density at radius 3 is 2.53 bits per heavy atom. The monoisotopic (exact) mass is 469 g/mol. The molecule has 3 N–H and O–H groups in total. The third-order valence-corrected chi connectivity index (χ3v) is 8.77. The number of nitrogens with one attached hydrogen (secondary N) is 2. The molecule has 6 fully saturated rings. The quantitative estimate of drug-likeness (QED) is 0.564. The summed E-state index contributed by atoms with van der Waals surface area (Å²) in [5.41, 5.74) is 1.05. The number of anilines is 1. The van der Waals surface area contributed by atoms with Gasteiger partial charge < -0.3 is 20.5 Å². The van der Waals surface area contributed by atoms with E-state index < -0.39 is 5.60 Å². The summed E-state index contributed by atoms with van der Waals surface area (Å²) in [6.07, 6.45) is 9.32. The molecule has 0 spiro atoms. The van der Waals surface area contributed by atoms with Gasteiger partial charge in [-0.1, -0.05) is 0 Å². The second kappa shape index (κ2) is 8.71. The van der Waals surface area contributed by atoms with E-state index in [1.54, 1.807) is 6.20 Å². The van der Waals surface area contributed by atoms with Gasteiger partial charge in [0, 0.05) is 44.3 Å². The van der Waals surface area contributed by atoms with Crippen LogP contribution in [0.2, 0.25) is 0 Å². The normalized spacial score (nSPS) is 39.3. The van der Waals surface area contributed by atoms with E-state index in [-0.39, 0.29) is 24.2 Å². The summed E-state index contributed by atoms with van der Waals surface area (Å²) in [5.74, 6) is 2.38. The molecule has 7 rings (SSSR count). The highest BCUT2D eigenvalue weighted by Gasteiger charge is 2.55. The van der Waals surface area contributed by atoms with Gasteiger partial charge >= 0.3 is 0 Å². The van der Waals surface area contributed by atoms with Crippen molar-refractivity contribution in [2.45, 2.75) is 88.6 Å². The first-order chi connectivity index (χ1) is 16.3. The fraction of sp³-hybridized carbons (Fsp3) is 0.808. The maximum atomic E-state index is 13.4. The summed E-state index contributed by atoms with van der Waals surface area (Å²) >= 11 is 0. The Kier molecular flexibility index (Phi) is 5.81. The molecule has 6 aliphatic rings. The summed E-state index contributed by atoms with van der Waals surface area (Å²) in [4.78, 5) is 25.1. The Morgan fingerprint density at radius 2 is 1.88 bits per heavy atom. The van der Waals surface area contributed by atoms with E-state index in [0.717, 1.165) is 76.8 Å². The van der Waals surface area contributed by atoms with Gasteiger partial charge in [-0.3, -0.25) is 9.69 Å². The fourth-order valence-corrected chi connectivity index (χ4v) is 7.56. The number of carbonyl (C=O) groups is 1. The van der Waals surface area contributed by atoms with E-state index in [2.05, 4.69) is 34.4 Å². The summed E-state index contributed by atoms with van der Waals surface area (Å²) in [5, 5.41) is 17.6. The van der Waals surface area contributed by atoms with Gasteiger partial charge in [-0.15, -0.1) is 0 Å². The van der Waals surface area contributed by atoms with Crippen molar-refractivity contribution in [3.05, 3.63) is 17.5 Å². The van der Waals surface area contributed by atoms with Crippen molar-refractivity contribution < 1.29 is 14.6 Å². The molecule has 8 nitrogen and oxygen atoms in total. The predicted molar refractivity (Wildman–Crippen MR) is 129 cm³/mol. The minimum Gasteiger partial charge on any atom is -0.390 e. The Bertz CT molecular complexity index is 911. The van der Waals surface area contributed by atoms with Crippen molar-refractivity contribution in [2.75, 3.05) is 31.5 Å². The number of morpholine rings is 1. The van der Waals surface area contributed by atoms with Crippen LogP contribution in [0.25, 0.3) is 0 Å². The van der Waals surface area contributed by atoms with Crippen molar-refractivity contribution >= 4 is 11.9 Å². The largest absolute Gasteiger partial charge is 0.390 e. The number of carbonyl (C=O) groups excluding carboxylic acids is 1. The van der Waals surface area contributed by atoms with Crippen LogP contribution in [0.3, 0.4) is 0 Å². The van der Waals surface area contributed by atoms with Crippen LogP contribution >= 0.6 is 0 Å². The van der Waals surface area contributed by atoms with Crippen LogP contribution in [0.5, 0.6) is 0 Å². The van der Waals surface area contributed by atoms with Gasteiger partial charge in [-0.05, 0) is 76.5 Å². The Labute approximate surface area is 202 Å². The van der Waals surface area contributed by atoms with E-state index in [4.69, 9.17) is 9.72 Å². The van der Waals surface area contributed by atoms with Crippen molar-refractivity contribution in [1.82, 2.24) is 20.2 Å². The van der Waals surface area contributed by atoms with Gasteiger partial charge in [-0.25, -0.2) is 9.97 Å². The summed E-state index contributed by atoms with van der Waals surface area (Å²) in [6.45, 7) is 7.82. The van der Waals surface area contributed by atoms with Crippen molar-refractivity contribution in [1.29, 1.82) is 0 Å². The molecule has 34 heavy (non-hydrogen) atoms. The first kappa shape index (κ1) is 22.7. The van der Waals surface area contributed by atoms with Crippen molar-refractivity contribution in [3.8, 4) is 0 Å². The second-order valence-electron chi connectivity index (χ2n) is 11.9. The summed E-state index contributed by atoms with van der Waals surface area (Å²) < 4.78 is 5.82. The van der Waals surface area contributed by atoms with Crippen LogP contribution in [-0.2, 0) is 4.74 Å². The number of ether oxygens (including phenoxy) is 1. The third-order valence-electron chi connectivity index (χ3n) is 8.77. The van der Waals surface area contributed by atoms with Gasteiger partial charge in [0.25, 0.3) is 5.91 Å². The number of rotatable bonds is 7. The summed E-state index contributed by atoms with van der Waals surface area (Å²) in [7, 11) is 0. The van der Waals surface area contributed by atoms with Gasteiger partial charge in [0.15, 0.2) is 0 Å². The number of aromatic nitrogens is 2. The minimum absolute atomic E-state index is 0.0331. The molecule has 1 saturated heterocycles. The lowest BCUT2D eigenvalue weighted by atomic mass is 9.52. The van der Waals surface area contributed by atoms with Crippen LogP contribution in [0.15, 0.2) is 6.20 Å². The topological polar surface area (TPSA) is 99.6 Å². The smallest absolute Gasteiger partial charge is 0.254 e. The highest BCUT2D eigenvalue weighted by Crippen LogP contribution is 2.55. The van der Waals surface area contributed by atoms with Gasteiger partial charge in [0.1, 0.15) is 0 Å². The molecule has 1 amide bonds. The molecule has 2 unspecified atom stereocenters. The number of hydrogen-bond donors (Lipinski definition) is 3.